The molecule has 1 aromatic carbocycles. The Kier molecular flexibility index (Phi) is 12.1. The van der Waals surface area contributed by atoms with E-state index >= 15 is 0 Å². The third-order valence-corrected chi connectivity index (χ3v) is 6.75. The number of hydrogen-bond donors (Lipinski definition) is 5. The predicted octanol–water partition coefficient (Wildman–Crippen LogP) is 0.0436. The zero-order chi connectivity index (χ0) is 31.6. The normalized spacial score (nSPS) is 14.5. The second-order valence-electron chi connectivity index (χ2n) is 9.38. The van der Waals surface area contributed by atoms with Crippen molar-refractivity contribution >= 4 is 51.5 Å². The fourth-order valence-electron chi connectivity index (χ4n) is 3.61. The molecule has 16 nitrogen and oxygen atoms in total. The minimum absolute atomic E-state index is 0.0255. The van der Waals surface area contributed by atoms with Gasteiger partial charge in [0, 0.05) is 29.8 Å². The number of nitrogens with one attached hydrogen (secondary N) is 3. The maximum Gasteiger partial charge on any atom is 0.506 e. The van der Waals surface area contributed by atoms with Crippen LogP contribution in [0.25, 0.3) is 0 Å². The van der Waals surface area contributed by atoms with Gasteiger partial charge in [-0.15, -0.1) is 0 Å². The van der Waals surface area contributed by atoms with Crippen molar-refractivity contribution in [3.8, 4) is 0 Å². The minimum Gasteiger partial charge on any atom is -0.450 e. The molecule has 17 heteroatoms. The van der Waals surface area contributed by atoms with Crippen molar-refractivity contribution in [3.63, 3.8) is 0 Å². The van der Waals surface area contributed by atoms with E-state index in [1.165, 1.54) is 13.0 Å². The Morgan fingerprint density at radius 1 is 0.976 bits per heavy atom. The lowest BCUT2D eigenvalue weighted by Crippen LogP contribution is -2.53. The summed E-state index contributed by atoms with van der Waals surface area (Å²) in [5.41, 5.74) is -0.245. The van der Waals surface area contributed by atoms with Crippen LogP contribution in [-0.4, -0.2) is 90.5 Å². The lowest BCUT2D eigenvalue weighted by molar-refractivity contribution is -0.138. The minimum atomic E-state index is -4.80. The molecule has 0 unspecified atom stereocenters. The lowest BCUT2D eigenvalue weighted by atomic mass is 10.0. The SMILES string of the molecule is CC(C)[C@H](NC(=O)CCOCCN1C(=O)C=CC1=O)C(=O)N[C@@H](C)C(=O)Nc1ccc(COC(=O)O)c(S(=O)(=O)O)c1. The maximum atomic E-state index is 12.8. The van der Waals surface area contributed by atoms with Crippen LogP contribution < -0.4 is 16.0 Å². The molecular formula is C25H32N4O12S. The summed E-state index contributed by atoms with van der Waals surface area (Å²) in [4.78, 5) is 71.8. The van der Waals surface area contributed by atoms with Crippen LogP contribution in [-0.2, 0) is 50.2 Å². The van der Waals surface area contributed by atoms with Crippen LogP contribution in [0.5, 0.6) is 0 Å². The number of carboxylic acid groups (broad SMARTS) is 1. The maximum absolute atomic E-state index is 12.8. The van der Waals surface area contributed by atoms with E-state index in [9.17, 15) is 41.7 Å². The molecule has 0 spiro atoms. The van der Waals surface area contributed by atoms with Crippen molar-refractivity contribution in [2.45, 2.75) is 50.8 Å². The number of carbonyl (C=O) groups excluding carboxylic acids is 5. The topological polar surface area (TPSA) is 235 Å². The number of anilines is 1. The standard InChI is InChI=1S/C25H32N4O12S/c1-14(2)22(28-19(30)8-10-40-11-9-29-20(31)6-7-21(29)32)24(34)26-15(3)23(33)27-17-5-4-16(13-41-25(35)36)18(12-17)42(37,38)39/h4-7,12,14-15,22H,8-11,13H2,1-3H3,(H,26,34)(H,27,33)(H,28,30)(H,35,36)(H,37,38,39)/t15-,22-/m0/s1. The average molecular weight is 613 g/mol. The molecule has 0 radical (unpaired) electrons. The van der Waals surface area contributed by atoms with Crippen molar-refractivity contribution in [3.05, 3.63) is 35.9 Å². The van der Waals surface area contributed by atoms with Crippen molar-refractivity contribution in [1.82, 2.24) is 15.5 Å². The van der Waals surface area contributed by atoms with Gasteiger partial charge in [0.25, 0.3) is 21.9 Å². The summed E-state index contributed by atoms with van der Waals surface area (Å²) < 4.78 is 42.6. The summed E-state index contributed by atoms with van der Waals surface area (Å²) >= 11 is 0. The predicted molar refractivity (Wildman–Crippen MR) is 143 cm³/mol. The van der Waals surface area contributed by atoms with Gasteiger partial charge in [-0.05, 0) is 25.0 Å². The Bertz CT molecular complexity index is 1340. The molecule has 0 saturated heterocycles. The van der Waals surface area contributed by atoms with Gasteiger partial charge < -0.3 is 30.5 Å². The molecule has 0 aromatic heterocycles. The smallest absolute Gasteiger partial charge is 0.450 e. The molecule has 1 aliphatic rings. The summed E-state index contributed by atoms with van der Waals surface area (Å²) in [5.74, 6) is -3.20. The van der Waals surface area contributed by atoms with Crippen molar-refractivity contribution in [2.24, 2.45) is 5.92 Å². The first-order valence-corrected chi connectivity index (χ1v) is 14.0. The third-order valence-electron chi connectivity index (χ3n) is 5.81. The van der Waals surface area contributed by atoms with Crippen LogP contribution in [0.2, 0.25) is 0 Å². The van der Waals surface area contributed by atoms with Gasteiger partial charge in [0.1, 0.15) is 23.6 Å². The summed E-state index contributed by atoms with van der Waals surface area (Å²) in [6, 6.07) is 1.13. The fourth-order valence-corrected chi connectivity index (χ4v) is 4.34. The van der Waals surface area contributed by atoms with Crippen LogP contribution in [0.15, 0.2) is 35.2 Å². The number of rotatable bonds is 15. The molecule has 5 N–H and O–H groups in total. The molecule has 1 heterocycles. The first-order valence-electron chi connectivity index (χ1n) is 12.6. The highest BCUT2D eigenvalue weighted by Crippen LogP contribution is 2.22. The van der Waals surface area contributed by atoms with E-state index in [0.29, 0.717) is 0 Å². The highest BCUT2D eigenvalue weighted by atomic mass is 32.2. The molecule has 230 valence electrons. The van der Waals surface area contributed by atoms with Crippen LogP contribution in [0.1, 0.15) is 32.8 Å². The molecule has 1 aliphatic heterocycles. The molecule has 42 heavy (non-hydrogen) atoms. The Hall–Kier alpha value is -4.35. The number of amides is 5. The zero-order valence-corrected chi connectivity index (χ0v) is 23.8. The molecule has 5 amide bonds. The van der Waals surface area contributed by atoms with E-state index in [0.717, 1.165) is 29.2 Å². The molecule has 0 aliphatic carbocycles. The summed E-state index contributed by atoms with van der Waals surface area (Å²) in [6.45, 7) is 4.06. The van der Waals surface area contributed by atoms with Crippen molar-refractivity contribution in [2.75, 3.05) is 25.1 Å². The van der Waals surface area contributed by atoms with E-state index in [1.807, 2.05) is 0 Å². The third kappa shape index (κ3) is 10.2. The first kappa shape index (κ1) is 33.9. The first-order chi connectivity index (χ1) is 19.6. The molecule has 2 rings (SSSR count). The summed E-state index contributed by atoms with van der Waals surface area (Å²) in [5, 5.41) is 16.0. The van der Waals surface area contributed by atoms with E-state index in [2.05, 4.69) is 20.7 Å². The molecule has 1 aromatic rings. The van der Waals surface area contributed by atoms with Gasteiger partial charge in [0.05, 0.1) is 19.8 Å². The van der Waals surface area contributed by atoms with Gasteiger partial charge in [-0.25, -0.2) is 4.79 Å². The number of benzene rings is 1. The van der Waals surface area contributed by atoms with Crippen LogP contribution >= 0.6 is 0 Å². The van der Waals surface area contributed by atoms with Gasteiger partial charge >= 0.3 is 6.16 Å². The van der Waals surface area contributed by atoms with Gasteiger partial charge in [0.2, 0.25) is 17.7 Å². The van der Waals surface area contributed by atoms with Crippen LogP contribution in [0, 0.1) is 5.92 Å². The van der Waals surface area contributed by atoms with Crippen molar-refractivity contribution in [1.29, 1.82) is 0 Å². The largest absolute Gasteiger partial charge is 0.506 e. The van der Waals surface area contributed by atoms with Crippen LogP contribution in [0.3, 0.4) is 0 Å². The highest BCUT2D eigenvalue weighted by molar-refractivity contribution is 7.85. The zero-order valence-electron chi connectivity index (χ0n) is 23.0. The monoisotopic (exact) mass is 612 g/mol. The molecular weight excluding hydrogens is 580 g/mol. The Labute approximate surface area is 241 Å². The Morgan fingerprint density at radius 3 is 2.19 bits per heavy atom. The van der Waals surface area contributed by atoms with E-state index in [1.54, 1.807) is 13.8 Å². The van der Waals surface area contributed by atoms with Gasteiger partial charge in [-0.1, -0.05) is 19.9 Å². The fraction of sp³-hybridized carbons (Fsp3) is 0.440. The Balaban J connectivity index is 1.89. The van der Waals surface area contributed by atoms with E-state index in [4.69, 9.17) is 9.84 Å². The second-order valence-corrected chi connectivity index (χ2v) is 10.8. The molecule has 0 saturated carbocycles. The van der Waals surface area contributed by atoms with Crippen LogP contribution in [0.4, 0.5) is 10.5 Å². The van der Waals surface area contributed by atoms with Gasteiger partial charge in [-0.3, -0.25) is 33.4 Å². The van der Waals surface area contributed by atoms with Gasteiger partial charge in [0.15, 0.2) is 0 Å². The molecule has 0 fully saturated rings. The number of carbonyl (C=O) groups is 6. The molecule has 0 bridgehead atoms. The highest BCUT2D eigenvalue weighted by Gasteiger charge is 2.28. The van der Waals surface area contributed by atoms with Gasteiger partial charge in [-0.2, -0.15) is 8.42 Å². The average Bonchev–Trinajstić information content (AvgIpc) is 3.21. The summed E-state index contributed by atoms with van der Waals surface area (Å²) in [7, 11) is -4.80. The quantitative estimate of drug-likeness (QED) is 0.0764. The van der Waals surface area contributed by atoms with Crippen molar-refractivity contribution < 1.29 is 56.3 Å². The number of hydrogen-bond acceptors (Lipinski definition) is 10. The number of nitrogens with zero attached hydrogens (tertiary/aromatic N) is 1. The molecule has 2 atom stereocenters. The summed E-state index contributed by atoms with van der Waals surface area (Å²) in [6.07, 6.45) is 0.522. The van der Waals surface area contributed by atoms with E-state index in [-0.39, 0.29) is 43.3 Å². The second kappa shape index (κ2) is 15.0. The Morgan fingerprint density at radius 2 is 1.62 bits per heavy atom. The number of ether oxygens (including phenoxy) is 2. The number of imide groups is 1. The lowest BCUT2D eigenvalue weighted by Gasteiger charge is -2.24. The van der Waals surface area contributed by atoms with E-state index < -0.39 is 69.4 Å².